The molecule has 0 spiro atoms. The largest absolute Gasteiger partial charge is 1.00 e. The van der Waals surface area contributed by atoms with Crippen molar-refractivity contribution >= 4 is 11.9 Å². The zero-order chi connectivity index (χ0) is 10.6. The second-order valence-corrected chi connectivity index (χ2v) is 2.73. The van der Waals surface area contributed by atoms with Gasteiger partial charge >= 0.3 is 57.4 Å². The Balaban J connectivity index is 0. The normalized spacial score (nSPS) is 14.3. The third-order valence-electron chi connectivity index (χ3n) is 1.64. The van der Waals surface area contributed by atoms with Gasteiger partial charge in [0.1, 0.15) is 0 Å². The number of alkyl halides is 2. The van der Waals surface area contributed by atoms with E-state index in [0.717, 1.165) is 0 Å². The molecule has 0 saturated carbocycles. The van der Waals surface area contributed by atoms with Crippen molar-refractivity contribution in [2.24, 2.45) is 11.8 Å². The van der Waals surface area contributed by atoms with Crippen LogP contribution in [0, 0.1) is 11.8 Å². The standard InChI is InChI=1S/C7H10F2O4.K/c1-3(6(10)11)2-4(5(8)9)7(12)13;/h3-5H,2H2,1H3,(H,10,11)(H,12,13);/q;+1/p-1/t3?,4-;/m0./s1. The van der Waals surface area contributed by atoms with E-state index in [2.05, 4.69) is 0 Å². The molecule has 0 radical (unpaired) electrons. The molecule has 0 amide bonds. The molecule has 0 bridgehead atoms. The van der Waals surface area contributed by atoms with Crippen LogP contribution in [0.4, 0.5) is 8.78 Å². The van der Waals surface area contributed by atoms with E-state index in [4.69, 9.17) is 5.11 Å². The number of rotatable bonds is 5. The van der Waals surface area contributed by atoms with Crippen LogP contribution in [0.1, 0.15) is 13.3 Å². The number of aliphatic carboxylic acids is 2. The first-order valence-electron chi connectivity index (χ1n) is 3.58. The van der Waals surface area contributed by atoms with E-state index in [0.29, 0.717) is 0 Å². The van der Waals surface area contributed by atoms with E-state index in [-0.39, 0.29) is 51.4 Å². The van der Waals surface area contributed by atoms with Crippen molar-refractivity contribution in [1.82, 2.24) is 0 Å². The minimum atomic E-state index is -3.09. The molecule has 7 heteroatoms. The van der Waals surface area contributed by atoms with E-state index in [9.17, 15) is 23.5 Å². The summed E-state index contributed by atoms with van der Waals surface area (Å²) in [6.45, 7) is 1.17. The summed E-state index contributed by atoms with van der Waals surface area (Å²) in [6, 6.07) is 0. The quantitative estimate of drug-likeness (QED) is 0.506. The van der Waals surface area contributed by atoms with Crippen molar-refractivity contribution in [2.75, 3.05) is 0 Å². The van der Waals surface area contributed by atoms with Gasteiger partial charge < -0.3 is 15.0 Å². The van der Waals surface area contributed by atoms with Crippen LogP contribution in [-0.4, -0.2) is 23.5 Å². The van der Waals surface area contributed by atoms with Gasteiger partial charge in [-0.2, -0.15) is 0 Å². The van der Waals surface area contributed by atoms with Crippen LogP contribution in [-0.2, 0) is 9.59 Å². The predicted octanol–water partition coefficient (Wildman–Crippen LogP) is -3.27. The molecular formula is C7H9F2KO4. The van der Waals surface area contributed by atoms with E-state index in [1.165, 1.54) is 6.92 Å². The van der Waals surface area contributed by atoms with Gasteiger partial charge in [0, 0.05) is 0 Å². The second-order valence-electron chi connectivity index (χ2n) is 2.73. The molecule has 0 rings (SSSR count). The fourth-order valence-corrected chi connectivity index (χ4v) is 0.784. The molecule has 0 saturated heterocycles. The first kappa shape index (κ1) is 16.9. The monoisotopic (exact) mass is 234 g/mol. The van der Waals surface area contributed by atoms with E-state index >= 15 is 0 Å². The zero-order valence-corrected chi connectivity index (χ0v) is 11.0. The molecule has 0 fully saturated rings. The number of hydrogen-bond acceptors (Lipinski definition) is 3. The fraction of sp³-hybridized carbons (Fsp3) is 0.714. The van der Waals surface area contributed by atoms with Gasteiger partial charge in [-0.3, -0.25) is 4.79 Å². The number of carbonyl (C=O) groups excluding carboxylic acids is 1. The Kier molecular flexibility index (Phi) is 9.26. The molecule has 1 unspecified atom stereocenters. The number of carboxylic acids is 2. The topological polar surface area (TPSA) is 77.4 Å². The Hall–Kier alpha value is 0.436. The molecule has 0 aliphatic carbocycles. The number of hydrogen-bond donors (Lipinski definition) is 1. The van der Waals surface area contributed by atoms with Gasteiger partial charge in [-0.05, 0) is 6.42 Å². The molecule has 4 nitrogen and oxygen atoms in total. The molecule has 76 valence electrons. The van der Waals surface area contributed by atoms with Gasteiger partial charge in [-0.15, -0.1) is 0 Å². The van der Waals surface area contributed by atoms with Gasteiger partial charge in [-0.25, -0.2) is 8.78 Å². The third kappa shape index (κ3) is 6.02. The smallest absolute Gasteiger partial charge is 0.550 e. The zero-order valence-electron chi connectivity index (χ0n) is 7.87. The van der Waals surface area contributed by atoms with Crippen molar-refractivity contribution in [3.8, 4) is 0 Å². The van der Waals surface area contributed by atoms with Crippen LogP contribution in [0.5, 0.6) is 0 Å². The van der Waals surface area contributed by atoms with Crippen molar-refractivity contribution in [1.29, 1.82) is 0 Å². The number of carbonyl (C=O) groups is 2. The maximum atomic E-state index is 12.0. The van der Waals surface area contributed by atoms with Crippen LogP contribution in [0.15, 0.2) is 0 Å². The molecule has 0 heterocycles. The molecule has 0 aliphatic rings. The molecule has 14 heavy (non-hydrogen) atoms. The van der Waals surface area contributed by atoms with Gasteiger partial charge in [0.2, 0.25) is 6.43 Å². The maximum Gasteiger partial charge on any atom is 1.00 e. The average Bonchev–Trinajstić information content (AvgIpc) is 1.97. The fourth-order valence-electron chi connectivity index (χ4n) is 0.784. The summed E-state index contributed by atoms with van der Waals surface area (Å²) < 4.78 is 23.9. The summed E-state index contributed by atoms with van der Waals surface area (Å²) in [5, 5.41) is 18.5. The van der Waals surface area contributed by atoms with Crippen molar-refractivity contribution < 1.29 is 80.0 Å². The molecule has 2 atom stereocenters. The Labute approximate surface area is 122 Å². The molecular weight excluding hydrogens is 225 g/mol. The number of halogens is 2. The van der Waals surface area contributed by atoms with Crippen LogP contribution in [0.3, 0.4) is 0 Å². The Morgan fingerprint density at radius 1 is 1.43 bits per heavy atom. The van der Waals surface area contributed by atoms with E-state index in [1.54, 1.807) is 0 Å². The average molecular weight is 234 g/mol. The molecule has 0 aromatic heterocycles. The van der Waals surface area contributed by atoms with Crippen LogP contribution in [0.25, 0.3) is 0 Å². The summed E-state index contributed by atoms with van der Waals surface area (Å²) in [4.78, 5) is 20.3. The van der Waals surface area contributed by atoms with Crippen molar-refractivity contribution in [2.45, 2.75) is 19.8 Å². The predicted molar refractivity (Wildman–Crippen MR) is 35.9 cm³/mol. The first-order valence-corrected chi connectivity index (χ1v) is 3.58. The number of carboxylic acid groups (broad SMARTS) is 2. The Bertz CT molecular complexity index is 210. The molecule has 0 aromatic rings. The van der Waals surface area contributed by atoms with Crippen LogP contribution in [0.2, 0.25) is 0 Å². The molecule has 1 N–H and O–H groups in total. The van der Waals surface area contributed by atoms with Gasteiger partial charge in [-0.1, -0.05) is 6.92 Å². The Morgan fingerprint density at radius 2 is 1.86 bits per heavy atom. The van der Waals surface area contributed by atoms with E-state index in [1.807, 2.05) is 0 Å². The summed E-state index contributed by atoms with van der Waals surface area (Å²) in [5.41, 5.74) is 0. The summed E-state index contributed by atoms with van der Waals surface area (Å²) in [5.74, 6) is -6.34. The van der Waals surface area contributed by atoms with Gasteiger partial charge in [0.05, 0.1) is 17.8 Å². The summed E-state index contributed by atoms with van der Waals surface area (Å²) in [6.07, 6.45) is -3.71. The minimum Gasteiger partial charge on any atom is -0.550 e. The first-order chi connectivity index (χ1) is 5.86. The van der Waals surface area contributed by atoms with Crippen LogP contribution >= 0.6 is 0 Å². The minimum absolute atomic E-state index is 0. The second kappa shape index (κ2) is 7.69. The Morgan fingerprint density at radius 3 is 2.07 bits per heavy atom. The molecule has 0 aromatic carbocycles. The van der Waals surface area contributed by atoms with Crippen molar-refractivity contribution in [3.63, 3.8) is 0 Å². The van der Waals surface area contributed by atoms with Crippen molar-refractivity contribution in [3.05, 3.63) is 0 Å². The molecule has 0 aliphatic heterocycles. The summed E-state index contributed by atoms with van der Waals surface area (Å²) >= 11 is 0. The van der Waals surface area contributed by atoms with Gasteiger partial charge in [0.25, 0.3) is 0 Å². The van der Waals surface area contributed by atoms with Crippen LogP contribution < -0.4 is 56.5 Å². The van der Waals surface area contributed by atoms with E-state index < -0.39 is 36.6 Å². The maximum absolute atomic E-state index is 12.0. The third-order valence-corrected chi connectivity index (χ3v) is 1.64. The van der Waals surface area contributed by atoms with Gasteiger partial charge in [0.15, 0.2) is 0 Å². The SMILES string of the molecule is CC(C[C@H](C(=O)[O-])C(F)F)C(=O)O.[K+]. The summed E-state index contributed by atoms with van der Waals surface area (Å²) in [7, 11) is 0.